The van der Waals surface area contributed by atoms with Crippen molar-refractivity contribution in [3.63, 3.8) is 0 Å². The van der Waals surface area contributed by atoms with Gasteiger partial charge in [0, 0.05) is 12.2 Å². The number of nitrogens with one attached hydrogen (secondary N) is 1. The number of aryl methyl sites for hydroxylation is 1. The van der Waals surface area contributed by atoms with Gasteiger partial charge in [0.2, 0.25) is 0 Å². The summed E-state index contributed by atoms with van der Waals surface area (Å²) in [6.45, 7) is 2.23. The topological polar surface area (TPSA) is 12.0 Å². The number of anilines is 1. The fourth-order valence-electron chi connectivity index (χ4n) is 1.56. The molecule has 1 nitrogen and oxygen atoms in total. The van der Waals surface area contributed by atoms with E-state index in [2.05, 4.69) is 21.2 Å². The van der Waals surface area contributed by atoms with E-state index in [4.69, 9.17) is 0 Å². The number of rotatable bonds is 3. The molecule has 0 spiro atoms. The maximum absolute atomic E-state index is 13.3. The second-order valence-electron chi connectivity index (χ2n) is 4.07. The van der Waals surface area contributed by atoms with Gasteiger partial charge in [-0.1, -0.05) is 12.1 Å². The van der Waals surface area contributed by atoms with Crippen molar-refractivity contribution in [1.82, 2.24) is 0 Å². The fourth-order valence-corrected chi connectivity index (χ4v) is 1.98. The molecule has 2 aromatic carbocycles. The summed E-state index contributed by atoms with van der Waals surface area (Å²) in [5, 5.41) is 3.09. The Bertz CT molecular complexity index is 518. The molecule has 0 unspecified atom stereocenters. The Hall–Kier alpha value is -1.42. The van der Waals surface area contributed by atoms with Crippen LogP contribution in [-0.4, -0.2) is 0 Å². The van der Waals surface area contributed by atoms with Crippen molar-refractivity contribution in [2.45, 2.75) is 13.5 Å². The van der Waals surface area contributed by atoms with Crippen LogP contribution in [0.4, 0.5) is 14.5 Å². The lowest BCUT2D eigenvalue weighted by atomic mass is 10.2. The van der Waals surface area contributed by atoms with Crippen LogP contribution >= 0.6 is 15.9 Å². The lowest BCUT2D eigenvalue weighted by Gasteiger charge is -2.08. The molecule has 4 heteroatoms. The summed E-state index contributed by atoms with van der Waals surface area (Å²) in [4.78, 5) is 0. The average molecular weight is 312 g/mol. The van der Waals surface area contributed by atoms with Gasteiger partial charge in [-0.15, -0.1) is 0 Å². The minimum atomic E-state index is -0.292. The summed E-state index contributed by atoms with van der Waals surface area (Å²) in [5.74, 6) is -0.527. The lowest BCUT2D eigenvalue weighted by Crippen LogP contribution is -2.00. The highest BCUT2D eigenvalue weighted by atomic mass is 79.9. The molecule has 0 heterocycles. The first-order valence-corrected chi connectivity index (χ1v) is 6.29. The summed E-state index contributed by atoms with van der Waals surface area (Å²) in [6.07, 6.45) is 0. The van der Waals surface area contributed by atoms with Crippen molar-refractivity contribution in [1.29, 1.82) is 0 Å². The first-order valence-electron chi connectivity index (χ1n) is 5.50. The van der Waals surface area contributed by atoms with E-state index in [1.54, 1.807) is 25.1 Å². The zero-order chi connectivity index (χ0) is 13.1. The van der Waals surface area contributed by atoms with Gasteiger partial charge in [0.25, 0.3) is 0 Å². The fraction of sp³-hybridized carbons (Fsp3) is 0.143. The van der Waals surface area contributed by atoms with Crippen LogP contribution in [0.3, 0.4) is 0 Å². The number of halogens is 3. The molecule has 0 saturated heterocycles. The van der Waals surface area contributed by atoms with Gasteiger partial charge in [-0.25, -0.2) is 8.78 Å². The van der Waals surface area contributed by atoms with Gasteiger partial charge >= 0.3 is 0 Å². The van der Waals surface area contributed by atoms with Crippen LogP contribution in [-0.2, 0) is 6.54 Å². The molecular formula is C14H12BrF2N. The molecule has 0 saturated carbocycles. The number of hydrogen-bond acceptors (Lipinski definition) is 1. The smallest absolute Gasteiger partial charge is 0.137 e. The van der Waals surface area contributed by atoms with E-state index in [9.17, 15) is 8.78 Å². The normalized spacial score (nSPS) is 10.4. The van der Waals surface area contributed by atoms with Crippen molar-refractivity contribution in [2.75, 3.05) is 5.32 Å². The minimum absolute atomic E-state index is 0.236. The highest BCUT2D eigenvalue weighted by Gasteiger charge is 2.02. The Morgan fingerprint density at radius 1 is 1.06 bits per heavy atom. The molecule has 0 aromatic heterocycles. The molecule has 0 atom stereocenters. The molecule has 94 valence electrons. The molecule has 2 rings (SSSR count). The summed E-state index contributed by atoms with van der Waals surface area (Å²) < 4.78 is 26.8. The third kappa shape index (κ3) is 3.07. The number of benzene rings is 2. The maximum atomic E-state index is 13.3. The maximum Gasteiger partial charge on any atom is 0.137 e. The van der Waals surface area contributed by atoms with Gasteiger partial charge < -0.3 is 5.32 Å². The van der Waals surface area contributed by atoms with Crippen LogP contribution in [0.1, 0.15) is 11.1 Å². The molecule has 0 amide bonds. The van der Waals surface area contributed by atoms with E-state index in [1.807, 2.05) is 6.07 Å². The Balaban J connectivity index is 2.06. The van der Waals surface area contributed by atoms with Crippen molar-refractivity contribution >= 4 is 21.6 Å². The highest BCUT2D eigenvalue weighted by Crippen LogP contribution is 2.18. The summed E-state index contributed by atoms with van der Waals surface area (Å²) in [5.41, 5.74) is 2.24. The Morgan fingerprint density at radius 2 is 1.83 bits per heavy atom. The van der Waals surface area contributed by atoms with E-state index in [1.165, 1.54) is 12.1 Å². The summed E-state index contributed by atoms with van der Waals surface area (Å²) in [7, 11) is 0. The van der Waals surface area contributed by atoms with Crippen LogP contribution in [0.5, 0.6) is 0 Å². The summed E-state index contributed by atoms with van der Waals surface area (Å²) in [6, 6.07) is 9.78. The molecule has 0 aliphatic carbocycles. The quantitative estimate of drug-likeness (QED) is 0.870. The molecule has 0 bridgehead atoms. The Kier molecular flexibility index (Phi) is 3.97. The third-order valence-corrected chi connectivity index (χ3v) is 3.26. The van der Waals surface area contributed by atoms with Crippen molar-refractivity contribution in [2.24, 2.45) is 0 Å². The Morgan fingerprint density at radius 3 is 2.50 bits per heavy atom. The molecule has 0 aliphatic rings. The van der Waals surface area contributed by atoms with Crippen molar-refractivity contribution in [3.05, 3.63) is 63.6 Å². The second kappa shape index (κ2) is 5.48. The molecule has 0 radical (unpaired) electrons. The lowest BCUT2D eigenvalue weighted by molar-refractivity contribution is 0.619. The van der Waals surface area contributed by atoms with Crippen LogP contribution in [0.15, 0.2) is 40.9 Å². The van der Waals surface area contributed by atoms with E-state index >= 15 is 0 Å². The van der Waals surface area contributed by atoms with Crippen molar-refractivity contribution in [3.8, 4) is 0 Å². The minimum Gasteiger partial charge on any atom is -0.381 e. The van der Waals surface area contributed by atoms with Crippen LogP contribution in [0.25, 0.3) is 0 Å². The largest absolute Gasteiger partial charge is 0.381 e. The van der Waals surface area contributed by atoms with Crippen molar-refractivity contribution < 1.29 is 8.78 Å². The third-order valence-electron chi connectivity index (χ3n) is 2.65. The van der Waals surface area contributed by atoms with Gasteiger partial charge in [-0.05, 0) is 58.2 Å². The van der Waals surface area contributed by atoms with Crippen LogP contribution < -0.4 is 5.32 Å². The van der Waals surface area contributed by atoms with Crippen LogP contribution in [0, 0.1) is 18.6 Å². The van der Waals surface area contributed by atoms with E-state index in [0.717, 1.165) is 5.56 Å². The number of hydrogen-bond donors (Lipinski definition) is 1. The summed E-state index contributed by atoms with van der Waals surface area (Å²) >= 11 is 3.13. The van der Waals surface area contributed by atoms with E-state index in [-0.39, 0.29) is 11.6 Å². The van der Waals surface area contributed by atoms with Gasteiger partial charge in [0.05, 0.1) is 4.47 Å². The predicted octanol–water partition coefficient (Wildman–Crippen LogP) is 4.65. The van der Waals surface area contributed by atoms with Gasteiger partial charge in [0.1, 0.15) is 11.6 Å². The average Bonchev–Trinajstić information content (AvgIpc) is 2.35. The molecule has 1 N–H and O–H groups in total. The monoisotopic (exact) mass is 311 g/mol. The molecule has 18 heavy (non-hydrogen) atoms. The first-order chi connectivity index (χ1) is 8.56. The first kappa shape index (κ1) is 13.0. The standard InChI is InChI=1S/C14H12BrF2N/c1-9-2-4-11(7-14(9)17)18-8-10-3-5-13(16)12(15)6-10/h2-7,18H,8H2,1H3. The molecule has 0 fully saturated rings. The van der Waals surface area contributed by atoms with E-state index < -0.39 is 0 Å². The van der Waals surface area contributed by atoms with Gasteiger partial charge in [0.15, 0.2) is 0 Å². The second-order valence-corrected chi connectivity index (χ2v) is 4.92. The molecule has 2 aromatic rings. The van der Waals surface area contributed by atoms with Gasteiger partial charge in [-0.3, -0.25) is 0 Å². The molecular weight excluding hydrogens is 300 g/mol. The Labute approximate surface area is 113 Å². The SMILES string of the molecule is Cc1ccc(NCc2ccc(F)c(Br)c2)cc1F. The van der Waals surface area contributed by atoms with E-state index in [0.29, 0.717) is 22.3 Å². The molecule has 0 aliphatic heterocycles. The zero-order valence-corrected chi connectivity index (χ0v) is 11.4. The highest BCUT2D eigenvalue weighted by molar-refractivity contribution is 9.10. The zero-order valence-electron chi connectivity index (χ0n) is 9.81. The van der Waals surface area contributed by atoms with Gasteiger partial charge in [-0.2, -0.15) is 0 Å². The predicted molar refractivity (Wildman–Crippen MR) is 72.6 cm³/mol. The van der Waals surface area contributed by atoms with Crippen LogP contribution in [0.2, 0.25) is 0 Å².